The number of nitrogens with one attached hydrogen (secondary N) is 2. The molecular formula is C17H19FN2O. The molecule has 110 valence electrons. The Balaban J connectivity index is 2.00. The highest BCUT2D eigenvalue weighted by Crippen LogP contribution is 2.12. The Morgan fingerprint density at radius 2 is 1.90 bits per heavy atom. The third-order valence-electron chi connectivity index (χ3n) is 3.05. The van der Waals surface area contributed by atoms with Crippen LogP contribution in [0, 0.1) is 5.82 Å². The van der Waals surface area contributed by atoms with E-state index in [4.69, 9.17) is 0 Å². The standard InChI is InChI=1S/C17H19FN2O/c1-2-10-19-12-13-4-3-5-16(11-13)20-17(21)14-6-8-15(18)9-7-14/h3-9,11,19H,2,10,12H2,1H3,(H,20,21). The number of rotatable bonds is 6. The van der Waals surface area contributed by atoms with Crippen LogP contribution in [-0.4, -0.2) is 12.5 Å². The Kier molecular flexibility index (Phi) is 5.46. The van der Waals surface area contributed by atoms with Gasteiger partial charge in [-0.05, 0) is 54.9 Å². The van der Waals surface area contributed by atoms with Gasteiger partial charge in [0.05, 0.1) is 0 Å². The van der Waals surface area contributed by atoms with Crippen molar-refractivity contribution in [3.8, 4) is 0 Å². The first kappa shape index (κ1) is 15.2. The van der Waals surface area contributed by atoms with Gasteiger partial charge in [-0.1, -0.05) is 19.1 Å². The Morgan fingerprint density at radius 1 is 1.14 bits per heavy atom. The molecule has 0 radical (unpaired) electrons. The van der Waals surface area contributed by atoms with Crippen LogP contribution in [0.5, 0.6) is 0 Å². The summed E-state index contributed by atoms with van der Waals surface area (Å²) in [6.45, 7) is 3.85. The maximum absolute atomic E-state index is 12.8. The number of halogens is 1. The van der Waals surface area contributed by atoms with E-state index in [-0.39, 0.29) is 11.7 Å². The molecule has 0 unspecified atom stereocenters. The van der Waals surface area contributed by atoms with Gasteiger partial charge in [0.25, 0.3) is 5.91 Å². The molecule has 0 spiro atoms. The first-order valence-electron chi connectivity index (χ1n) is 7.05. The van der Waals surface area contributed by atoms with Crippen molar-refractivity contribution in [2.45, 2.75) is 19.9 Å². The zero-order valence-electron chi connectivity index (χ0n) is 12.0. The Bertz CT molecular complexity index is 596. The fourth-order valence-electron chi connectivity index (χ4n) is 1.97. The normalized spacial score (nSPS) is 10.4. The van der Waals surface area contributed by atoms with Crippen LogP contribution in [0.1, 0.15) is 29.3 Å². The minimum Gasteiger partial charge on any atom is -0.322 e. The molecule has 0 aliphatic heterocycles. The molecule has 0 atom stereocenters. The van der Waals surface area contributed by atoms with Crippen LogP contribution in [0.15, 0.2) is 48.5 Å². The molecule has 21 heavy (non-hydrogen) atoms. The molecule has 0 fully saturated rings. The van der Waals surface area contributed by atoms with Gasteiger partial charge in [0.1, 0.15) is 5.82 Å². The summed E-state index contributed by atoms with van der Waals surface area (Å²) in [5.74, 6) is -0.593. The molecule has 2 aromatic carbocycles. The second-order valence-corrected chi connectivity index (χ2v) is 4.84. The van der Waals surface area contributed by atoms with Crippen LogP contribution in [0.3, 0.4) is 0 Å². The van der Waals surface area contributed by atoms with Crippen molar-refractivity contribution in [2.24, 2.45) is 0 Å². The highest BCUT2D eigenvalue weighted by Gasteiger charge is 2.06. The summed E-state index contributed by atoms with van der Waals surface area (Å²) >= 11 is 0. The van der Waals surface area contributed by atoms with Gasteiger partial charge in [0, 0.05) is 17.8 Å². The van der Waals surface area contributed by atoms with Gasteiger partial charge in [-0.25, -0.2) is 4.39 Å². The zero-order valence-corrected chi connectivity index (χ0v) is 12.0. The molecule has 0 heterocycles. The van der Waals surface area contributed by atoms with E-state index in [1.807, 2.05) is 24.3 Å². The van der Waals surface area contributed by atoms with E-state index in [2.05, 4.69) is 17.6 Å². The van der Waals surface area contributed by atoms with Crippen molar-refractivity contribution in [1.82, 2.24) is 5.32 Å². The van der Waals surface area contributed by atoms with Crippen LogP contribution in [0.2, 0.25) is 0 Å². The van der Waals surface area contributed by atoms with Crippen LogP contribution in [-0.2, 0) is 6.54 Å². The van der Waals surface area contributed by atoms with Gasteiger partial charge in [0.15, 0.2) is 0 Å². The summed E-state index contributed by atoms with van der Waals surface area (Å²) in [5, 5.41) is 6.13. The average Bonchev–Trinajstić information content (AvgIpc) is 2.48. The zero-order chi connectivity index (χ0) is 15.1. The Labute approximate surface area is 124 Å². The summed E-state index contributed by atoms with van der Waals surface area (Å²) in [5.41, 5.74) is 2.28. The van der Waals surface area contributed by atoms with Crippen molar-refractivity contribution in [3.63, 3.8) is 0 Å². The molecule has 4 heteroatoms. The van der Waals surface area contributed by atoms with Crippen molar-refractivity contribution in [3.05, 3.63) is 65.5 Å². The lowest BCUT2D eigenvalue weighted by Crippen LogP contribution is -2.15. The molecule has 1 amide bonds. The number of hydrogen-bond acceptors (Lipinski definition) is 2. The molecule has 2 aromatic rings. The highest BCUT2D eigenvalue weighted by molar-refractivity contribution is 6.04. The molecule has 3 nitrogen and oxygen atoms in total. The lowest BCUT2D eigenvalue weighted by Gasteiger charge is -2.08. The summed E-state index contributed by atoms with van der Waals surface area (Å²) in [7, 11) is 0. The second kappa shape index (κ2) is 7.55. The van der Waals surface area contributed by atoms with Gasteiger partial charge in [0.2, 0.25) is 0 Å². The van der Waals surface area contributed by atoms with E-state index in [1.165, 1.54) is 24.3 Å². The minimum absolute atomic E-state index is 0.242. The first-order valence-corrected chi connectivity index (χ1v) is 7.05. The molecule has 0 aliphatic carbocycles. The van der Waals surface area contributed by atoms with Gasteiger partial charge in [-0.2, -0.15) is 0 Å². The fraction of sp³-hybridized carbons (Fsp3) is 0.235. The van der Waals surface area contributed by atoms with Crippen molar-refractivity contribution in [2.75, 3.05) is 11.9 Å². The highest BCUT2D eigenvalue weighted by atomic mass is 19.1. The van der Waals surface area contributed by atoms with Gasteiger partial charge < -0.3 is 10.6 Å². The van der Waals surface area contributed by atoms with E-state index in [9.17, 15) is 9.18 Å². The molecule has 0 aromatic heterocycles. The van der Waals surface area contributed by atoms with E-state index in [0.717, 1.165) is 30.8 Å². The van der Waals surface area contributed by atoms with Gasteiger partial charge in [-0.3, -0.25) is 4.79 Å². The van der Waals surface area contributed by atoms with Crippen molar-refractivity contribution in [1.29, 1.82) is 0 Å². The molecule has 0 bridgehead atoms. The number of carbonyl (C=O) groups is 1. The lowest BCUT2D eigenvalue weighted by molar-refractivity contribution is 0.102. The van der Waals surface area contributed by atoms with Crippen molar-refractivity contribution < 1.29 is 9.18 Å². The Morgan fingerprint density at radius 3 is 2.62 bits per heavy atom. The fourth-order valence-corrected chi connectivity index (χ4v) is 1.97. The Hall–Kier alpha value is -2.20. The maximum Gasteiger partial charge on any atom is 0.255 e. The van der Waals surface area contributed by atoms with Gasteiger partial charge in [-0.15, -0.1) is 0 Å². The molecule has 0 saturated heterocycles. The minimum atomic E-state index is -0.351. The van der Waals surface area contributed by atoms with E-state index >= 15 is 0 Å². The first-order chi connectivity index (χ1) is 10.2. The SMILES string of the molecule is CCCNCc1cccc(NC(=O)c2ccc(F)cc2)c1. The third kappa shape index (κ3) is 4.68. The molecule has 2 rings (SSSR count). The number of amides is 1. The maximum atomic E-state index is 12.8. The molecular weight excluding hydrogens is 267 g/mol. The van der Waals surface area contributed by atoms with E-state index < -0.39 is 0 Å². The van der Waals surface area contributed by atoms with E-state index in [1.54, 1.807) is 0 Å². The summed E-state index contributed by atoms with van der Waals surface area (Å²) in [6.07, 6.45) is 1.08. The lowest BCUT2D eigenvalue weighted by atomic mass is 10.1. The number of benzene rings is 2. The topological polar surface area (TPSA) is 41.1 Å². The summed E-state index contributed by atoms with van der Waals surface area (Å²) in [6, 6.07) is 13.2. The number of anilines is 1. The van der Waals surface area contributed by atoms with Crippen molar-refractivity contribution >= 4 is 11.6 Å². The van der Waals surface area contributed by atoms with Crippen LogP contribution < -0.4 is 10.6 Å². The van der Waals surface area contributed by atoms with Crippen LogP contribution >= 0.6 is 0 Å². The largest absolute Gasteiger partial charge is 0.322 e. The average molecular weight is 286 g/mol. The smallest absolute Gasteiger partial charge is 0.255 e. The second-order valence-electron chi connectivity index (χ2n) is 4.84. The monoisotopic (exact) mass is 286 g/mol. The summed E-state index contributed by atoms with van der Waals surface area (Å²) < 4.78 is 12.8. The number of carbonyl (C=O) groups excluding carboxylic acids is 1. The predicted octanol–water partition coefficient (Wildman–Crippen LogP) is 3.58. The third-order valence-corrected chi connectivity index (χ3v) is 3.05. The van der Waals surface area contributed by atoms with Gasteiger partial charge >= 0.3 is 0 Å². The van der Waals surface area contributed by atoms with Crippen LogP contribution in [0.4, 0.5) is 10.1 Å². The molecule has 0 saturated carbocycles. The summed E-state index contributed by atoms with van der Waals surface area (Å²) in [4.78, 5) is 12.0. The number of hydrogen-bond donors (Lipinski definition) is 2. The molecule has 2 N–H and O–H groups in total. The predicted molar refractivity (Wildman–Crippen MR) is 82.8 cm³/mol. The molecule has 0 aliphatic rings. The van der Waals surface area contributed by atoms with Crippen LogP contribution in [0.25, 0.3) is 0 Å². The quantitative estimate of drug-likeness (QED) is 0.797. The van der Waals surface area contributed by atoms with E-state index in [0.29, 0.717) is 5.56 Å².